The number of carbonyl (C=O) groups is 1. The average molecular weight is 358 g/mol. The summed E-state index contributed by atoms with van der Waals surface area (Å²) in [4.78, 5) is 21.1. The third kappa shape index (κ3) is 4.11. The summed E-state index contributed by atoms with van der Waals surface area (Å²) in [5.74, 6) is 0. The van der Waals surface area contributed by atoms with E-state index in [2.05, 4.69) is 54.6 Å². The average Bonchev–Trinajstić information content (AvgIpc) is 2.97. The monoisotopic (exact) mass is 358 g/mol. The van der Waals surface area contributed by atoms with E-state index in [1.54, 1.807) is 4.90 Å². The van der Waals surface area contributed by atoms with Gasteiger partial charge >= 0.3 is 6.09 Å². The quantitative estimate of drug-likeness (QED) is 0.780. The molecule has 0 atom stereocenters. The second-order valence-corrected chi connectivity index (χ2v) is 8.98. The fourth-order valence-corrected chi connectivity index (χ4v) is 3.00. The lowest BCUT2D eigenvalue weighted by Gasteiger charge is -2.36. The number of hydrogen-bond acceptors (Lipinski definition) is 4. The summed E-state index contributed by atoms with van der Waals surface area (Å²) in [5, 5.41) is 0. The zero-order valence-electron chi connectivity index (χ0n) is 16.7. The van der Waals surface area contributed by atoms with Crippen LogP contribution in [-0.4, -0.2) is 52.2 Å². The Morgan fingerprint density at radius 3 is 2.31 bits per heavy atom. The lowest BCUT2D eigenvalue weighted by atomic mass is 9.93. The van der Waals surface area contributed by atoms with E-state index in [0.717, 1.165) is 30.1 Å². The zero-order valence-corrected chi connectivity index (χ0v) is 16.7. The number of pyridine rings is 1. The molecule has 0 saturated carbocycles. The second-order valence-electron chi connectivity index (χ2n) is 8.98. The Labute approximate surface area is 155 Å². The molecule has 2 aromatic rings. The van der Waals surface area contributed by atoms with Crippen molar-refractivity contribution in [3.63, 3.8) is 0 Å². The van der Waals surface area contributed by atoms with Gasteiger partial charge in [0.25, 0.3) is 0 Å². The normalized spacial score (nSPS) is 16.2. The van der Waals surface area contributed by atoms with Crippen LogP contribution in [0.4, 0.5) is 10.5 Å². The van der Waals surface area contributed by atoms with E-state index in [-0.39, 0.29) is 11.5 Å². The van der Waals surface area contributed by atoms with Crippen LogP contribution in [0, 0.1) is 0 Å². The molecule has 0 aliphatic carbocycles. The summed E-state index contributed by atoms with van der Waals surface area (Å²) in [5.41, 5.74) is 2.77. The van der Waals surface area contributed by atoms with Crippen molar-refractivity contribution in [1.29, 1.82) is 0 Å². The standard InChI is InChI=1S/C20H30N4O2/c1-19(2,3)16-14-24-8-7-15(13-17(24)21-16)22-9-11-23(12-10-22)18(25)26-20(4,5)6/h7-8,13-14H,9-12H2,1-6H3. The smallest absolute Gasteiger partial charge is 0.410 e. The van der Waals surface area contributed by atoms with Gasteiger partial charge in [-0.3, -0.25) is 0 Å². The number of anilines is 1. The molecule has 1 aliphatic rings. The van der Waals surface area contributed by atoms with Crippen molar-refractivity contribution >= 4 is 17.4 Å². The molecule has 1 fully saturated rings. The molecule has 1 aliphatic heterocycles. The molecule has 1 amide bonds. The van der Waals surface area contributed by atoms with E-state index < -0.39 is 5.60 Å². The Balaban J connectivity index is 1.68. The van der Waals surface area contributed by atoms with Crippen LogP contribution in [0.25, 0.3) is 5.65 Å². The van der Waals surface area contributed by atoms with Crippen molar-refractivity contribution in [2.24, 2.45) is 0 Å². The first-order valence-electron chi connectivity index (χ1n) is 9.25. The van der Waals surface area contributed by atoms with E-state index >= 15 is 0 Å². The van der Waals surface area contributed by atoms with Crippen molar-refractivity contribution in [2.45, 2.75) is 52.6 Å². The lowest BCUT2D eigenvalue weighted by molar-refractivity contribution is 0.0240. The number of imidazole rings is 1. The summed E-state index contributed by atoms with van der Waals surface area (Å²) in [6.45, 7) is 15.1. The van der Waals surface area contributed by atoms with Gasteiger partial charge in [-0.15, -0.1) is 0 Å². The number of rotatable bonds is 1. The Bertz CT molecular complexity index is 790. The van der Waals surface area contributed by atoms with Crippen molar-refractivity contribution in [2.75, 3.05) is 31.1 Å². The largest absolute Gasteiger partial charge is 0.444 e. The van der Waals surface area contributed by atoms with Crippen LogP contribution in [-0.2, 0) is 10.2 Å². The first-order chi connectivity index (χ1) is 12.0. The Hall–Kier alpha value is -2.24. The molecule has 2 aromatic heterocycles. The SMILES string of the molecule is CC(C)(C)OC(=O)N1CCN(c2ccn3cc(C(C)(C)C)nc3c2)CC1. The Kier molecular flexibility index (Phi) is 4.63. The number of amides is 1. The highest BCUT2D eigenvalue weighted by Crippen LogP contribution is 2.24. The van der Waals surface area contributed by atoms with Gasteiger partial charge in [0, 0.05) is 55.7 Å². The van der Waals surface area contributed by atoms with Crippen molar-refractivity contribution in [3.05, 3.63) is 30.2 Å². The minimum atomic E-state index is -0.454. The van der Waals surface area contributed by atoms with Gasteiger partial charge < -0.3 is 18.9 Å². The highest BCUT2D eigenvalue weighted by Gasteiger charge is 2.26. The van der Waals surface area contributed by atoms with E-state index in [9.17, 15) is 4.79 Å². The summed E-state index contributed by atoms with van der Waals surface area (Å²) < 4.78 is 7.54. The van der Waals surface area contributed by atoms with Crippen molar-refractivity contribution in [3.8, 4) is 0 Å². The number of ether oxygens (including phenoxy) is 1. The van der Waals surface area contributed by atoms with Crippen LogP contribution in [0.2, 0.25) is 0 Å². The number of carbonyl (C=O) groups excluding carboxylic acids is 1. The predicted molar refractivity (Wildman–Crippen MR) is 104 cm³/mol. The molecule has 142 valence electrons. The predicted octanol–water partition coefficient (Wildman–Crippen LogP) is 3.69. The number of aromatic nitrogens is 2. The maximum atomic E-state index is 12.2. The lowest BCUT2D eigenvalue weighted by Crippen LogP contribution is -2.50. The molecule has 0 spiro atoms. The summed E-state index contributed by atoms with van der Waals surface area (Å²) >= 11 is 0. The number of hydrogen-bond donors (Lipinski definition) is 0. The van der Waals surface area contributed by atoms with Crippen molar-refractivity contribution in [1.82, 2.24) is 14.3 Å². The van der Waals surface area contributed by atoms with Crippen LogP contribution in [0.5, 0.6) is 0 Å². The minimum Gasteiger partial charge on any atom is -0.444 e. The van der Waals surface area contributed by atoms with E-state index in [1.807, 2.05) is 20.8 Å². The fraction of sp³-hybridized carbons (Fsp3) is 0.600. The molecule has 26 heavy (non-hydrogen) atoms. The number of piperazine rings is 1. The molecule has 0 bridgehead atoms. The van der Waals surface area contributed by atoms with Gasteiger partial charge in [0.1, 0.15) is 11.2 Å². The van der Waals surface area contributed by atoms with Crippen LogP contribution in [0.3, 0.4) is 0 Å². The maximum Gasteiger partial charge on any atom is 0.410 e. The molecule has 6 heteroatoms. The fourth-order valence-electron chi connectivity index (χ4n) is 3.00. The van der Waals surface area contributed by atoms with Gasteiger partial charge in [-0.05, 0) is 26.8 Å². The minimum absolute atomic E-state index is 0.0330. The second kappa shape index (κ2) is 6.49. The van der Waals surface area contributed by atoms with Gasteiger partial charge in [-0.25, -0.2) is 9.78 Å². The Morgan fingerprint density at radius 1 is 1.08 bits per heavy atom. The van der Waals surface area contributed by atoms with Crippen LogP contribution in [0.1, 0.15) is 47.2 Å². The van der Waals surface area contributed by atoms with Gasteiger partial charge in [0.2, 0.25) is 0 Å². The van der Waals surface area contributed by atoms with Gasteiger partial charge in [-0.1, -0.05) is 20.8 Å². The molecular formula is C20H30N4O2. The van der Waals surface area contributed by atoms with Crippen LogP contribution < -0.4 is 4.90 Å². The van der Waals surface area contributed by atoms with Gasteiger partial charge in [0.15, 0.2) is 0 Å². The van der Waals surface area contributed by atoms with Gasteiger partial charge in [0.05, 0.1) is 5.69 Å². The number of nitrogens with zero attached hydrogens (tertiary/aromatic N) is 4. The molecule has 3 heterocycles. The molecular weight excluding hydrogens is 328 g/mol. The van der Waals surface area contributed by atoms with Crippen molar-refractivity contribution < 1.29 is 9.53 Å². The van der Waals surface area contributed by atoms with Crippen LogP contribution >= 0.6 is 0 Å². The molecule has 1 saturated heterocycles. The summed E-state index contributed by atoms with van der Waals surface area (Å²) in [6, 6.07) is 4.24. The summed E-state index contributed by atoms with van der Waals surface area (Å²) in [7, 11) is 0. The molecule has 3 rings (SSSR count). The molecule has 0 aromatic carbocycles. The van der Waals surface area contributed by atoms with E-state index in [0.29, 0.717) is 13.1 Å². The molecule has 6 nitrogen and oxygen atoms in total. The van der Waals surface area contributed by atoms with Gasteiger partial charge in [-0.2, -0.15) is 0 Å². The third-order valence-electron chi connectivity index (χ3n) is 4.51. The maximum absolute atomic E-state index is 12.2. The molecule has 0 unspecified atom stereocenters. The van der Waals surface area contributed by atoms with E-state index in [1.165, 1.54) is 0 Å². The molecule has 0 radical (unpaired) electrons. The highest BCUT2D eigenvalue weighted by atomic mass is 16.6. The number of fused-ring (bicyclic) bond motifs is 1. The highest BCUT2D eigenvalue weighted by molar-refractivity contribution is 5.69. The molecule has 0 N–H and O–H groups in total. The Morgan fingerprint density at radius 2 is 1.73 bits per heavy atom. The third-order valence-corrected chi connectivity index (χ3v) is 4.51. The first kappa shape index (κ1) is 18.5. The summed E-state index contributed by atoms with van der Waals surface area (Å²) in [6.07, 6.45) is 3.93. The first-order valence-corrected chi connectivity index (χ1v) is 9.25. The zero-order chi connectivity index (χ0) is 19.1. The van der Waals surface area contributed by atoms with Crippen LogP contribution in [0.15, 0.2) is 24.5 Å². The van der Waals surface area contributed by atoms with E-state index in [4.69, 9.17) is 9.72 Å². The topological polar surface area (TPSA) is 50.1 Å².